The summed E-state index contributed by atoms with van der Waals surface area (Å²) in [6.07, 6.45) is 10.7. The van der Waals surface area contributed by atoms with Gasteiger partial charge in [-0.1, -0.05) is 36.0 Å². The van der Waals surface area contributed by atoms with E-state index in [2.05, 4.69) is 32.9 Å². The Labute approximate surface area is 83.0 Å². The van der Waals surface area contributed by atoms with Crippen molar-refractivity contribution in [3.63, 3.8) is 0 Å². The Kier molecular flexibility index (Phi) is 7.38. The highest BCUT2D eigenvalue weighted by Gasteiger charge is 1.87. The average Bonchev–Trinajstić information content (AvgIpc) is 2.04. The zero-order valence-electron chi connectivity index (χ0n) is 9.14. The van der Waals surface area contributed by atoms with Gasteiger partial charge in [0.15, 0.2) is 0 Å². The molecule has 73 valence electrons. The number of hydrogen-bond donors (Lipinski definition) is 0. The van der Waals surface area contributed by atoms with E-state index in [1.165, 1.54) is 17.6 Å². The molecule has 0 heterocycles. The summed E-state index contributed by atoms with van der Waals surface area (Å²) in [4.78, 5) is 0. The van der Waals surface area contributed by atoms with Gasteiger partial charge in [0.1, 0.15) is 0 Å². The first-order valence-electron chi connectivity index (χ1n) is 4.99. The molecule has 0 amide bonds. The van der Waals surface area contributed by atoms with Gasteiger partial charge in [-0.05, 0) is 46.5 Å². The molecule has 0 aliphatic heterocycles. The molecule has 0 saturated heterocycles. The van der Waals surface area contributed by atoms with Crippen LogP contribution in [0, 0.1) is 6.58 Å². The lowest BCUT2D eigenvalue weighted by molar-refractivity contribution is 0.937. The first-order chi connectivity index (χ1) is 6.16. The van der Waals surface area contributed by atoms with Gasteiger partial charge in [-0.15, -0.1) is 0 Å². The molecule has 0 aromatic heterocycles. The number of allylic oxidation sites excluding steroid dienone is 5. The number of unbranched alkanes of at least 4 members (excludes halogenated alkanes) is 1. The summed E-state index contributed by atoms with van der Waals surface area (Å²) in [5.74, 6) is 0. The Morgan fingerprint density at radius 2 is 1.69 bits per heavy atom. The molecule has 0 atom stereocenters. The van der Waals surface area contributed by atoms with Crippen molar-refractivity contribution in [2.75, 3.05) is 0 Å². The predicted molar refractivity (Wildman–Crippen MR) is 60.5 cm³/mol. The summed E-state index contributed by atoms with van der Waals surface area (Å²) in [5.41, 5.74) is 2.88. The topological polar surface area (TPSA) is 0 Å². The lowest BCUT2D eigenvalue weighted by Crippen LogP contribution is -1.77. The molecular formula is C13H21. The van der Waals surface area contributed by atoms with Crippen LogP contribution in [0.2, 0.25) is 0 Å². The summed E-state index contributed by atoms with van der Waals surface area (Å²) in [6.45, 7) is 11.8. The van der Waals surface area contributed by atoms with E-state index in [-0.39, 0.29) is 0 Å². The Bertz CT molecular complexity index is 190. The monoisotopic (exact) mass is 177 g/mol. The summed E-state index contributed by atoms with van der Waals surface area (Å²) < 4.78 is 0. The van der Waals surface area contributed by atoms with Gasteiger partial charge in [-0.2, -0.15) is 0 Å². The van der Waals surface area contributed by atoms with E-state index < -0.39 is 0 Å². The van der Waals surface area contributed by atoms with E-state index in [4.69, 9.17) is 6.58 Å². The van der Waals surface area contributed by atoms with Gasteiger partial charge < -0.3 is 0 Å². The van der Waals surface area contributed by atoms with Crippen LogP contribution >= 0.6 is 0 Å². The van der Waals surface area contributed by atoms with Crippen LogP contribution in [0.5, 0.6) is 0 Å². The van der Waals surface area contributed by atoms with Crippen molar-refractivity contribution in [3.05, 3.63) is 36.0 Å². The summed E-state index contributed by atoms with van der Waals surface area (Å²) in [7, 11) is 0. The van der Waals surface area contributed by atoms with Crippen molar-refractivity contribution in [1.29, 1.82) is 0 Å². The third-order valence-electron chi connectivity index (χ3n) is 1.92. The molecule has 0 saturated carbocycles. The van der Waals surface area contributed by atoms with Crippen molar-refractivity contribution in [2.45, 2.75) is 46.5 Å². The van der Waals surface area contributed by atoms with E-state index in [0.717, 1.165) is 19.3 Å². The third kappa shape index (κ3) is 9.13. The van der Waals surface area contributed by atoms with Gasteiger partial charge in [-0.25, -0.2) is 0 Å². The van der Waals surface area contributed by atoms with Crippen molar-refractivity contribution < 1.29 is 0 Å². The maximum Gasteiger partial charge on any atom is -0.0288 e. The largest absolute Gasteiger partial charge is 0.0856 e. The van der Waals surface area contributed by atoms with Crippen molar-refractivity contribution in [1.82, 2.24) is 0 Å². The smallest absolute Gasteiger partial charge is 0.0288 e. The normalized spacial score (nSPS) is 11.2. The van der Waals surface area contributed by atoms with Crippen molar-refractivity contribution >= 4 is 0 Å². The highest BCUT2D eigenvalue weighted by Crippen LogP contribution is 2.08. The van der Waals surface area contributed by atoms with Crippen LogP contribution in [0.4, 0.5) is 0 Å². The van der Waals surface area contributed by atoms with Gasteiger partial charge in [0.2, 0.25) is 0 Å². The lowest BCUT2D eigenvalue weighted by atomic mass is 10.1. The summed E-state index contributed by atoms with van der Waals surface area (Å²) >= 11 is 0. The quantitative estimate of drug-likeness (QED) is 0.415. The van der Waals surface area contributed by atoms with Gasteiger partial charge in [-0.3, -0.25) is 0 Å². The second-order valence-corrected chi connectivity index (χ2v) is 3.68. The highest BCUT2D eigenvalue weighted by atomic mass is 13.9. The van der Waals surface area contributed by atoms with Crippen LogP contribution in [0.15, 0.2) is 29.4 Å². The Hall–Kier alpha value is -0.780. The molecule has 0 heteroatoms. The minimum atomic E-state index is 0.986. The van der Waals surface area contributed by atoms with Gasteiger partial charge in [0.05, 0.1) is 0 Å². The second-order valence-electron chi connectivity index (χ2n) is 3.68. The van der Waals surface area contributed by atoms with Crippen molar-refractivity contribution in [3.8, 4) is 0 Å². The van der Waals surface area contributed by atoms with Crippen LogP contribution < -0.4 is 0 Å². The third-order valence-corrected chi connectivity index (χ3v) is 1.92. The summed E-state index contributed by atoms with van der Waals surface area (Å²) in [5, 5.41) is 0. The van der Waals surface area contributed by atoms with Gasteiger partial charge in [0.25, 0.3) is 0 Å². The molecule has 0 rings (SSSR count). The van der Waals surface area contributed by atoms with Crippen LogP contribution in [-0.4, -0.2) is 0 Å². The molecule has 0 aliphatic carbocycles. The predicted octanol–water partition coefficient (Wildman–Crippen LogP) is 4.45. The fourth-order valence-corrected chi connectivity index (χ4v) is 1.12. The lowest BCUT2D eigenvalue weighted by Gasteiger charge is -1.98. The SMILES string of the molecule is [CH]=CCCC=C(C)CCC=C(C)C. The van der Waals surface area contributed by atoms with Crippen molar-refractivity contribution in [2.24, 2.45) is 0 Å². The van der Waals surface area contributed by atoms with E-state index in [9.17, 15) is 0 Å². The van der Waals surface area contributed by atoms with Crippen LogP contribution in [-0.2, 0) is 0 Å². The first kappa shape index (κ1) is 12.2. The molecule has 13 heavy (non-hydrogen) atoms. The molecule has 0 N–H and O–H groups in total. The van der Waals surface area contributed by atoms with E-state index in [1.54, 1.807) is 6.08 Å². The Morgan fingerprint density at radius 1 is 1.00 bits per heavy atom. The first-order valence-corrected chi connectivity index (χ1v) is 4.99. The fourth-order valence-electron chi connectivity index (χ4n) is 1.12. The van der Waals surface area contributed by atoms with Crippen LogP contribution in [0.3, 0.4) is 0 Å². The average molecular weight is 177 g/mol. The van der Waals surface area contributed by atoms with E-state index in [0.29, 0.717) is 0 Å². The van der Waals surface area contributed by atoms with E-state index in [1.807, 2.05) is 0 Å². The molecule has 0 aromatic rings. The molecule has 0 fully saturated rings. The molecule has 0 bridgehead atoms. The maximum atomic E-state index is 5.29. The molecule has 0 spiro atoms. The van der Waals surface area contributed by atoms with Gasteiger partial charge in [0, 0.05) is 0 Å². The second kappa shape index (κ2) is 7.85. The summed E-state index contributed by atoms with van der Waals surface area (Å²) in [6, 6.07) is 0. The molecule has 0 nitrogen and oxygen atoms in total. The van der Waals surface area contributed by atoms with Gasteiger partial charge >= 0.3 is 0 Å². The number of rotatable bonds is 6. The molecule has 0 aromatic carbocycles. The molecule has 1 radical (unpaired) electrons. The van der Waals surface area contributed by atoms with Crippen LogP contribution in [0.1, 0.15) is 46.5 Å². The minimum Gasteiger partial charge on any atom is -0.0856 e. The van der Waals surface area contributed by atoms with E-state index >= 15 is 0 Å². The highest BCUT2D eigenvalue weighted by molar-refractivity contribution is 5.02. The zero-order chi connectivity index (χ0) is 10.1. The fraction of sp³-hybridized carbons (Fsp3) is 0.538. The van der Waals surface area contributed by atoms with Crippen LogP contribution in [0.25, 0.3) is 0 Å². The zero-order valence-corrected chi connectivity index (χ0v) is 9.14. The Morgan fingerprint density at radius 3 is 2.23 bits per heavy atom. The molecule has 0 aliphatic rings. The molecular weight excluding hydrogens is 156 g/mol. The number of hydrogen-bond acceptors (Lipinski definition) is 0. The minimum absolute atomic E-state index is 0.986. The standard InChI is InChI=1S/C13H21/c1-5-6-7-10-13(4)11-8-9-12(2)3/h1,5,9-10H,6-8,11H2,2-4H3. The molecule has 0 unspecified atom stereocenters. The Balaban J connectivity index is 3.60. The maximum absolute atomic E-state index is 5.29.